The van der Waals surface area contributed by atoms with Crippen molar-refractivity contribution >= 4 is 25.7 Å². The predicted octanol–water partition coefficient (Wildman–Crippen LogP) is 5.66. The maximum Gasteiger partial charge on any atom is 0.472 e. The number of esters is 1. The molecule has 0 spiro atoms. The minimum absolute atomic E-state index is 0.151. The van der Waals surface area contributed by atoms with Crippen molar-refractivity contribution in [2.45, 2.75) is 142 Å². The Bertz CT molecular complexity index is 721. The Kier molecular flexibility index (Phi) is 24.3. The zero-order valence-electron chi connectivity index (χ0n) is 24.7. The molecule has 40 heavy (non-hydrogen) atoms. The Labute approximate surface area is 240 Å². The summed E-state index contributed by atoms with van der Waals surface area (Å²) in [4.78, 5) is 44.9. The second-order valence-corrected chi connectivity index (χ2v) is 11.8. The monoisotopic (exact) mass is 595 g/mol. The number of hydrogen-bond donors (Lipinski definition) is 4. The maximum atomic E-state index is 12.1. The number of phosphoric acid groups is 1. The fourth-order valence-corrected chi connectivity index (χ4v) is 4.73. The molecule has 12 heteroatoms. The summed E-state index contributed by atoms with van der Waals surface area (Å²) < 4.78 is 26.3. The molecule has 236 valence electrons. The third-order valence-electron chi connectivity index (χ3n) is 6.40. The van der Waals surface area contributed by atoms with E-state index in [1.54, 1.807) is 0 Å². The number of ether oxygens (including phenoxy) is 1. The molecule has 0 aliphatic heterocycles. The largest absolute Gasteiger partial charge is 0.480 e. The van der Waals surface area contributed by atoms with Gasteiger partial charge in [-0.2, -0.15) is 0 Å². The second kappa shape index (κ2) is 25.2. The Morgan fingerprint density at radius 1 is 0.700 bits per heavy atom. The predicted molar refractivity (Wildman–Crippen MR) is 153 cm³/mol. The number of carbonyl (C=O) groups is 3. The van der Waals surface area contributed by atoms with Crippen molar-refractivity contribution < 1.29 is 47.8 Å². The number of nitrogens with one attached hydrogen (secondary N) is 1. The van der Waals surface area contributed by atoms with Crippen molar-refractivity contribution in [3.63, 3.8) is 0 Å². The van der Waals surface area contributed by atoms with Gasteiger partial charge in [0.2, 0.25) is 5.91 Å². The number of carboxylic acids is 1. The van der Waals surface area contributed by atoms with Gasteiger partial charge in [0.1, 0.15) is 12.7 Å². The van der Waals surface area contributed by atoms with Gasteiger partial charge < -0.3 is 25.2 Å². The number of unbranched alkanes of at least 4 members (excludes halogenated alkanes) is 14. The minimum Gasteiger partial charge on any atom is -0.480 e. The van der Waals surface area contributed by atoms with Crippen LogP contribution >= 0.6 is 7.82 Å². The number of rotatable bonds is 28. The van der Waals surface area contributed by atoms with Crippen LogP contribution in [0.3, 0.4) is 0 Å². The van der Waals surface area contributed by atoms with Crippen LogP contribution in [0.1, 0.15) is 129 Å². The summed E-state index contributed by atoms with van der Waals surface area (Å²) in [6, 6.07) is -1.53. The van der Waals surface area contributed by atoms with Crippen molar-refractivity contribution in [3.05, 3.63) is 0 Å². The van der Waals surface area contributed by atoms with E-state index >= 15 is 0 Å². The molecule has 4 N–H and O–H groups in total. The number of hydrogen-bond acceptors (Lipinski definition) is 8. The van der Waals surface area contributed by atoms with E-state index in [-0.39, 0.29) is 12.8 Å². The van der Waals surface area contributed by atoms with Gasteiger partial charge in [0, 0.05) is 12.8 Å². The summed E-state index contributed by atoms with van der Waals surface area (Å²) >= 11 is 0. The van der Waals surface area contributed by atoms with E-state index in [0.717, 1.165) is 32.1 Å². The van der Waals surface area contributed by atoms with E-state index in [0.29, 0.717) is 12.8 Å². The van der Waals surface area contributed by atoms with Crippen LogP contribution < -0.4 is 5.32 Å². The zero-order chi connectivity index (χ0) is 30.1. The molecule has 11 nitrogen and oxygen atoms in total. The van der Waals surface area contributed by atoms with Gasteiger partial charge >= 0.3 is 19.8 Å². The molecule has 0 aliphatic rings. The summed E-state index contributed by atoms with van der Waals surface area (Å²) in [6.45, 7) is 2.34. The number of aliphatic hydroxyl groups is 1. The molecule has 0 bridgehead atoms. The number of phosphoric ester groups is 1. The lowest BCUT2D eigenvalue weighted by Gasteiger charge is -2.18. The number of carbonyl (C=O) groups excluding carboxylic acids is 2. The fourth-order valence-electron chi connectivity index (χ4n) is 3.96. The normalized spacial score (nSPS) is 14.3. The first-order valence-electron chi connectivity index (χ1n) is 15.1. The van der Waals surface area contributed by atoms with E-state index in [1.807, 2.05) is 6.92 Å². The average molecular weight is 596 g/mol. The van der Waals surface area contributed by atoms with Crippen LogP contribution in [0, 0.1) is 0 Å². The highest BCUT2D eigenvalue weighted by Gasteiger charge is 2.28. The molecule has 0 saturated carbocycles. The highest BCUT2D eigenvalue weighted by molar-refractivity contribution is 7.47. The Balaban J connectivity index is 4.03. The highest BCUT2D eigenvalue weighted by atomic mass is 31.2. The lowest BCUT2D eigenvalue weighted by molar-refractivity contribution is -0.147. The molecule has 0 rings (SSSR count). The standard InChI is InChI=1S/C28H54NO10P/c1-3-5-7-8-9-10-11-12-13-14-15-16-18-19-26(31)29-25(28(33)34)23-39-40(35,36)38-22-24(30)21-37-27(32)20-17-6-4-2/h24-25,30H,3-23H2,1-2H3,(H,29,31)(H,33,34)(H,35,36). The van der Waals surface area contributed by atoms with Crippen molar-refractivity contribution in [2.24, 2.45) is 0 Å². The van der Waals surface area contributed by atoms with Crippen LogP contribution in [0.5, 0.6) is 0 Å². The molecule has 0 aliphatic carbocycles. The first-order valence-corrected chi connectivity index (χ1v) is 16.6. The molecular weight excluding hydrogens is 541 g/mol. The fraction of sp³-hybridized carbons (Fsp3) is 0.893. The van der Waals surface area contributed by atoms with Gasteiger partial charge in [0.15, 0.2) is 6.04 Å². The summed E-state index contributed by atoms with van der Waals surface area (Å²) in [5, 5.41) is 21.4. The molecule has 0 radical (unpaired) electrons. The molecule has 0 fully saturated rings. The number of amides is 1. The van der Waals surface area contributed by atoms with Gasteiger partial charge in [-0.05, 0) is 12.8 Å². The minimum atomic E-state index is -4.72. The van der Waals surface area contributed by atoms with Gasteiger partial charge in [-0.25, -0.2) is 9.36 Å². The van der Waals surface area contributed by atoms with Gasteiger partial charge in [0.05, 0.1) is 13.2 Å². The first-order chi connectivity index (χ1) is 19.1. The Hall–Kier alpha value is -1.52. The number of aliphatic hydroxyl groups excluding tert-OH is 1. The lowest BCUT2D eigenvalue weighted by Crippen LogP contribution is -2.43. The van der Waals surface area contributed by atoms with Gasteiger partial charge in [0.25, 0.3) is 0 Å². The van der Waals surface area contributed by atoms with Crippen molar-refractivity contribution in [3.8, 4) is 0 Å². The van der Waals surface area contributed by atoms with Crippen LogP contribution in [0.2, 0.25) is 0 Å². The quantitative estimate of drug-likeness (QED) is 0.0503. The van der Waals surface area contributed by atoms with Crippen molar-refractivity contribution in [1.29, 1.82) is 0 Å². The maximum absolute atomic E-state index is 12.1. The molecule has 0 heterocycles. The van der Waals surface area contributed by atoms with Crippen molar-refractivity contribution in [2.75, 3.05) is 19.8 Å². The molecule has 3 unspecified atom stereocenters. The zero-order valence-corrected chi connectivity index (χ0v) is 25.5. The molecule has 0 aromatic rings. The molecule has 3 atom stereocenters. The third-order valence-corrected chi connectivity index (χ3v) is 7.35. The SMILES string of the molecule is CCCCCCCCCCCCCCCC(=O)NC(COP(=O)(O)OCC(O)COC(=O)CCCCC)C(=O)O. The second-order valence-electron chi connectivity index (χ2n) is 10.3. The Morgan fingerprint density at radius 2 is 1.15 bits per heavy atom. The third kappa shape index (κ3) is 24.3. The molecular formula is C28H54NO10P. The summed E-state index contributed by atoms with van der Waals surface area (Å²) in [5.74, 6) is -2.40. The molecule has 0 aromatic carbocycles. The summed E-state index contributed by atoms with van der Waals surface area (Å²) in [5.41, 5.74) is 0. The van der Waals surface area contributed by atoms with Crippen LogP contribution in [0.25, 0.3) is 0 Å². The van der Waals surface area contributed by atoms with Crippen LogP contribution in [-0.4, -0.2) is 64.9 Å². The molecule has 0 aromatic heterocycles. The number of aliphatic carboxylic acids is 1. The summed E-state index contributed by atoms with van der Waals surface area (Å²) in [7, 11) is -4.72. The highest BCUT2D eigenvalue weighted by Crippen LogP contribution is 2.43. The van der Waals surface area contributed by atoms with Crippen LogP contribution in [0.15, 0.2) is 0 Å². The molecule has 0 saturated heterocycles. The smallest absolute Gasteiger partial charge is 0.472 e. The van der Waals surface area contributed by atoms with E-state index < -0.39 is 57.6 Å². The van der Waals surface area contributed by atoms with Gasteiger partial charge in [-0.3, -0.25) is 18.6 Å². The molecule has 1 amide bonds. The lowest BCUT2D eigenvalue weighted by atomic mass is 10.0. The van der Waals surface area contributed by atoms with Gasteiger partial charge in [-0.1, -0.05) is 104 Å². The summed E-state index contributed by atoms with van der Waals surface area (Å²) in [6.07, 6.45) is 16.7. The first kappa shape index (κ1) is 38.5. The van der Waals surface area contributed by atoms with Gasteiger partial charge in [-0.15, -0.1) is 0 Å². The van der Waals surface area contributed by atoms with Crippen LogP contribution in [0.4, 0.5) is 0 Å². The Morgan fingerprint density at radius 3 is 1.68 bits per heavy atom. The van der Waals surface area contributed by atoms with E-state index in [4.69, 9.17) is 9.26 Å². The average Bonchev–Trinajstić information content (AvgIpc) is 2.91. The topological polar surface area (TPSA) is 169 Å². The van der Waals surface area contributed by atoms with E-state index in [9.17, 15) is 34.1 Å². The van der Waals surface area contributed by atoms with Crippen LogP contribution in [-0.2, 0) is 32.7 Å². The van der Waals surface area contributed by atoms with E-state index in [2.05, 4.69) is 16.8 Å². The van der Waals surface area contributed by atoms with Crippen molar-refractivity contribution in [1.82, 2.24) is 5.32 Å². The number of carboxylic acid groups (broad SMARTS) is 1. The van der Waals surface area contributed by atoms with E-state index in [1.165, 1.54) is 57.8 Å².